The van der Waals surface area contributed by atoms with E-state index < -0.39 is 5.60 Å². The Balaban J connectivity index is 2.03. The first-order valence-electron chi connectivity index (χ1n) is 6.45. The summed E-state index contributed by atoms with van der Waals surface area (Å²) in [5, 5.41) is 4.29. The van der Waals surface area contributed by atoms with Gasteiger partial charge in [-0.05, 0) is 50.0 Å². The number of hydrogen-bond donors (Lipinski definition) is 0. The van der Waals surface area contributed by atoms with Gasteiger partial charge in [-0.15, -0.1) is 0 Å². The van der Waals surface area contributed by atoms with Crippen LogP contribution in [0.25, 0.3) is 0 Å². The molecule has 0 aromatic carbocycles. The zero-order valence-corrected chi connectivity index (χ0v) is 13.3. The maximum Gasteiger partial charge on any atom is 0.410 e. The second-order valence-electron chi connectivity index (χ2n) is 6.01. The van der Waals surface area contributed by atoms with Gasteiger partial charge in [0.15, 0.2) is 0 Å². The number of halogens is 1. The van der Waals surface area contributed by atoms with Crippen LogP contribution >= 0.6 is 15.9 Å². The van der Waals surface area contributed by atoms with Crippen molar-refractivity contribution in [2.75, 3.05) is 6.54 Å². The van der Waals surface area contributed by atoms with Gasteiger partial charge in [-0.2, -0.15) is 5.10 Å². The molecule has 0 bridgehead atoms. The molecule has 2 atom stereocenters. The molecule has 2 rings (SSSR count). The van der Waals surface area contributed by atoms with Crippen molar-refractivity contribution in [2.45, 2.75) is 51.8 Å². The topological polar surface area (TPSA) is 47.4 Å². The summed E-state index contributed by atoms with van der Waals surface area (Å²) < 4.78 is 8.29. The molecule has 0 N–H and O–H groups in total. The molecule has 0 unspecified atom stereocenters. The number of rotatable bonds is 1. The zero-order valence-electron chi connectivity index (χ0n) is 11.8. The molecule has 1 aromatic heterocycles. The van der Waals surface area contributed by atoms with Gasteiger partial charge in [-0.3, -0.25) is 4.68 Å². The van der Waals surface area contributed by atoms with Gasteiger partial charge in [0.25, 0.3) is 0 Å². The van der Waals surface area contributed by atoms with Gasteiger partial charge in [0.05, 0.1) is 16.7 Å². The first-order chi connectivity index (χ1) is 8.76. The van der Waals surface area contributed by atoms with Crippen molar-refractivity contribution in [1.82, 2.24) is 14.7 Å². The Kier molecular flexibility index (Phi) is 3.90. The van der Waals surface area contributed by atoms with E-state index in [-0.39, 0.29) is 18.2 Å². The van der Waals surface area contributed by atoms with Crippen LogP contribution in [0.1, 0.15) is 40.2 Å². The lowest BCUT2D eigenvalue weighted by Crippen LogP contribution is -2.38. The van der Waals surface area contributed by atoms with Crippen molar-refractivity contribution in [3.8, 4) is 0 Å². The first-order valence-corrected chi connectivity index (χ1v) is 7.25. The number of ether oxygens (including phenoxy) is 1. The van der Waals surface area contributed by atoms with Crippen molar-refractivity contribution < 1.29 is 9.53 Å². The quantitative estimate of drug-likeness (QED) is 0.794. The van der Waals surface area contributed by atoms with E-state index in [1.54, 1.807) is 11.1 Å². The van der Waals surface area contributed by atoms with Gasteiger partial charge in [0.1, 0.15) is 5.60 Å². The van der Waals surface area contributed by atoms with Gasteiger partial charge >= 0.3 is 6.09 Å². The average molecular weight is 330 g/mol. The largest absolute Gasteiger partial charge is 0.444 e. The van der Waals surface area contributed by atoms with Gasteiger partial charge in [-0.1, -0.05) is 0 Å². The first kappa shape index (κ1) is 14.4. The number of hydrogen-bond acceptors (Lipinski definition) is 3. The van der Waals surface area contributed by atoms with E-state index in [2.05, 4.69) is 21.0 Å². The number of nitrogens with zero attached hydrogens (tertiary/aromatic N) is 3. The molecule has 1 saturated heterocycles. The normalized spacial score (nSPS) is 23.7. The minimum Gasteiger partial charge on any atom is -0.444 e. The van der Waals surface area contributed by atoms with Crippen LogP contribution in [0.4, 0.5) is 4.79 Å². The fraction of sp³-hybridized carbons (Fsp3) is 0.692. The third-order valence-electron chi connectivity index (χ3n) is 3.12. The van der Waals surface area contributed by atoms with Crippen LogP contribution in [0.3, 0.4) is 0 Å². The van der Waals surface area contributed by atoms with Gasteiger partial charge in [0, 0.05) is 18.8 Å². The third kappa shape index (κ3) is 3.49. The fourth-order valence-electron chi connectivity index (χ4n) is 2.28. The van der Waals surface area contributed by atoms with Crippen LogP contribution in [-0.2, 0) is 4.74 Å². The molecule has 1 amide bonds. The molecule has 0 saturated carbocycles. The Morgan fingerprint density at radius 1 is 1.53 bits per heavy atom. The molecule has 0 aliphatic carbocycles. The summed E-state index contributed by atoms with van der Waals surface area (Å²) in [6.45, 7) is 8.34. The summed E-state index contributed by atoms with van der Waals surface area (Å²) in [5.74, 6) is 0. The van der Waals surface area contributed by atoms with Gasteiger partial charge in [-0.25, -0.2) is 4.79 Å². The van der Waals surface area contributed by atoms with Crippen molar-refractivity contribution >= 4 is 22.0 Å². The second kappa shape index (κ2) is 5.15. The van der Waals surface area contributed by atoms with Crippen LogP contribution in [0.15, 0.2) is 16.9 Å². The summed E-state index contributed by atoms with van der Waals surface area (Å²) in [7, 11) is 0. The Hall–Kier alpha value is -1.04. The van der Waals surface area contributed by atoms with E-state index >= 15 is 0 Å². The number of amides is 1. The summed E-state index contributed by atoms with van der Waals surface area (Å²) in [4.78, 5) is 13.9. The summed E-state index contributed by atoms with van der Waals surface area (Å²) in [6.07, 6.45) is 4.36. The van der Waals surface area contributed by atoms with Crippen molar-refractivity contribution in [1.29, 1.82) is 0 Å². The molecule has 1 aliphatic rings. The molecule has 1 aromatic rings. The predicted octanol–water partition coefficient (Wildman–Crippen LogP) is 3.22. The highest BCUT2D eigenvalue weighted by molar-refractivity contribution is 9.10. The molecule has 106 valence electrons. The number of carbonyl (C=O) groups is 1. The molecule has 5 nitrogen and oxygen atoms in total. The van der Waals surface area contributed by atoms with Crippen LogP contribution in [0, 0.1) is 0 Å². The average Bonchev–Trinajstić information content (AvgIpc) is 2.82. The molecular formula is C13H20BrN3O2. The molecule has 2 heterocycles. The van der Waals surface area contributed by atoms with Crippen LogP contribution < -0.4 is 0 Å². The van der Waals surface area contributed by atoms with Crippen molar-refractivity contribution in [3.63, 3.8) is 0 Å². The van der Waals surface area contributed by atoms with Crippen LogP contribution in [-0.4, -0.2) is 39.0 Å². The number of aromatic nitrogens is 2. The Labute approximate surface area is 122 Å². The van der Waals surface area contributed by atoms with E-state index in [1.165, 1.54) is 0 Å². The Morgan fingerprint density at radius 3 is 2.74 bits per heavy atom. The minimum atomic E-state index is -0.455. The molecule has 19 heavy (non-hydrogen) atoms. The molecule has 6 heteroatoms. The van der Waals surface area contributed by atoms with E-state index in [0.717, 1.165) is 10.9 Å². The highest BCUT2D eigenvalue weighted by Gasteiger charge is 2.36. The lowest BCUT2D eigenvalue weighted by atomic mass is 10.2. The van der Waals surface area contributed by atoms with E-state index in [1.807, 2.05) is 38.6 Å². The van der Waals surface area contributed by atoms with E-state index in [0.29, 0.717) is 6.54 Å². The molecule has 0 radical (unpaired) electrons. The second-order valence-corrected chi connectivity index (χ2v) is 6.93. The van der Waals surface area contributed by atoms with E-state index in [4.69, 9.17) is 4.74 Å². The monoisotopic (exact) mass is 329 g/mol. The standard InChI is InChI=1S/C13H20BrN3O2/c1-9-5-11(17-7-10(14)6-15-17)8-16(9)12(18)19-13(2,3)4/h6-7,9,11H,5,8H2,1-4H3/t9-,11-/m0/s1. The van der Waals surface area contributed by atoms with Crippen molar-refractivity contribution in [3.05, 3.63) is 16.9 Å². The Bertz CT molecular complexity index is 467. The van der Waals surface area contributed by atoms with Crippen LogP contribution in [0.2, 0.25) is 0 Å². The SMILES string of the molecule is C[C@H]1C[C@H](n2cc(Br)cn2)CN1C(=O)OC(C)(C)C. The molecule has 0 spiro atoms. The fourth-order valence-corrected chi connectivity index (χ4v) is 2.59. The lowest BCUT2D eigenvalue weighted by molar-refractivity contribution is 0.0234. The highest BCUT2D eigenvalue weighted by atomic mass is 79.9. The predicted molar refractivity (Wildman–Crippen MR) is 76.0 cm³/mol. The Morgan fingerprint density at radius 2 is 2.21 bits per heavy atom. The minimum absolute atomic E-state index is 0.169. The zero-order chi connectivity index (χ0) is 14.2. The molecule has 1 fully saturated rings. The maximum atomic E-state index is 12.1. The van der Waals surface area contributed by atoms with Crippen LogP contribution in [0.5, 0.6) is 0 Å². The van der Waals surface area contributed by atoms with Crippen molar-refractivity contribution in [2.24, 2.45) is 0 Å². The maximum absolute atomic E-state index is 12.1. The third-order valence-corrected chi connectivity index (χ3v) is 3.53. The lowest BCUT2D eigenvalue weighted by Gasteiger charge is -2.26. The number of likely N-dealkylation sites (tertiary alicyclic amines) is 1. The summed E-state index contributed by atoms with van der Waals surface area (Å²) >= 11 is 3.39. The molecular weight excluding hydrogens is 310 g/mol. The van der Waals surface area contributed by atoms with Gasteiger partial charge in [0.2, 0.25) is 0 Å². The van der Waals surface area contributed by atoms with E-state index in [9.17, 15) is 4.79 Å². The summed E-state index contributed by atoms with van der Waals surface area (Å²) in [5.41, 5.74) is -0.455. The molecule has 1 aliphatic heterocycles. The number of carbonyl (C=O) groups excluding carboxylic acids is 1. The smallest absolute Gasteiger partial charge is 0.410 e. The highest BCUT2D eigenvalue weighted by Crippen LogP contribution is 2.28. The van der Waals surface area contributed by atoms with Gasteiger partial charge < -0.3 is 9.64 Å². The summed E-state index contributed by atoms with van der Waals surface area (Å²) in [6, 6.07) is 0.386.